The molecule has 0 bridgehead atoms. The van der Waals surface area contributed by atoms with Crippen LogP contribution < -0.4 is 5.63 Å². The molecule has 0 aliphatic rings. The lowest BCUT2D eigenvalue weighted by atomic mass is 10.4. The highest BCUT2D eigenvalue weighted by atomic mass is 19.3. The van der Waals surface area contributed by atoms with E-state index in [1.165, 1.54) is 6.07 Å². The van der Waals surface area contributed by atoms with Gasteiger partial charge in [0.05, 0.1) is 0 Å². The van der Waals surface area contributed by atoms with Crippen LogP contribution in [0.25, 0.3) is 0 Å². The van der Waals surface area contributed by atoms with Gasteiger partial charge in [-0.25, -0.2) is 13.6 Å². The van der Waals surface area contributed by atoms with Gasteiger partial charge in [0.25, 0.3) is 6.43 Å². The fraction of sp³-hybridized carbons (Fsp3) is 0.167. The Labute approximate surface area is 55.1 Å². The van der Waals surface area contributed by atoms with Crippen molar-refractivity contribution in [2.45, 2.75) is 6.43 Å². The number of hydrogen-bond donors (Lipinski definition) is 0. The van der Waals surface area contributed by atoms with Gasteiger partial charge in [-0.2, -0.15) is 0 Å². The van der Waals surface area contributed by atoms with E-state index in [0.717, 1.165) is 12.1 Å². The molecule has 0 saturated heterocycles. The number of hydrogen-bond acceptors (Lipinski definition) is 2. The topological polar surface area (TPSA) is 30.2 Å². The average molecular weight is 146 g/mol. The monoisotopic (exact) mass is 146 g/mol. The number of alkyl halides is 2. The van der Waals surface area contributed by atoms with Crippen molar-refractivity contribution in [2.75, 3.05) is 0 Å². The smallest absolute Gasteiger partial charge is 0.336 e. The van der Waals surface area contributed by atoms with E-state index in [1.807, 2.05) is 0 Å². The zero-order valence-corrected chi connectivity index (χ0v) is 4.88. The third-order valence-electron chi connectivity index (χ3n) is 0.926. The van der Waals surface area contributed by atoms with Gasteiger partial charge in [0.1, 0.15) is 0 Å². The van der Waals surface area contributed by atoms with Crippen LogP contribution in [0.3, 0.4) is 0 Å². The van der Waals surface area contributed by atoms with E-state index in [-0.39, 0.29) is 0 Å². The van der Waals surface area contributed by atoms with Crippen molar-refractivity contribution >= 4 is 0 Å². The second-order valence-electron chi connectivity index (χ2n) is 1.65. The van der Waals surface area contributed by atoms with E-state index >= 15 is 0 Å². The van der Waals surface area contributed by atoms with Gasteiger partial charge in [0, 0.05) is 6.07 Å². The minimum absolute atomic E-state index is 0.590. The Bertz CT molecular complexity index is 266. The Kier molecular flexibility index (Phi) is 1.80. The first-order chi connectivity index (χ1) is 4.70. The van der Waals surface area contributed by atoms with Crippen LogP contribution in [0.1, 0.15) is 12.2 Å². The molecule has 0 spiro atoms. The number of halogens is 2. The SMILES string of the molecule is O=c1cccc(C(F)F)o1. The highest BCUT2D eigenvalue weighted by Crippen LogP contribution is 2.15. The van der Waals surface area contributed by atoms with Crippen molar-refractivity contribution in [1.82, 2.24) is 0 Å². The predicted molar refractivity (Wildman–Crippen MR) is 29.9 cm³/mol. The molecule has 1 rings (SSSR count). The molecule has 0 fully saturated rings. The van der Waals surface area contributed by atoms with Crippen molar-refractivity contribution in [3.8, 4) is 0 Å². The molecule has 10 heavy (non-hydrogen) atoms. The molecule has 0 radical (unpaired) electrons. The van der Waals surface area contributed by atoms with Crippen LogP contribution in [0.2, 0.25) is 0 Å². The summed E-state index contributed by atoms with van der Waals surface area (Å²) in [6.07, 6.45) is -2.71. The van der Waals surface area contributed by atoms with Crippen LogP contribution in [-0.2, 0) is 0 Å². The summed E-state index contributed by atoms with van der Waals surface area (Å²) >= 11 is 0. The van der Waals surface area contributed by atoms with Gasteiger partial charge in [-0.3, -0.25) is 0 Å². The summed E-state index contributed by atoms with van der Waals surface area (Å²) in [5.41, 5.74) is -0.752. The lowest BCUT2D eigenvalue weighted by Crippen LogP contribution is -1.97. The maximum atomic E-state index is 11.7. The van der Waals surface area contributed by atoms with Gasteiger partial charge in [-0.1, -0.05) is 6.07 Å². The summed E-state index contributed by atoms with van der Waals surface area (Å²) in [7, 11) is 0. The Balaban J connectivity index is 3.07. The quantitative estimate of drug-likeness (QED) is 0.602. The van der Waals surface area contributed by atoms with Gasteiger partial charge >= 0.3 is 5.63 Å². The maximum absolute atomic E-state index is 11.7. The van der Waals surface area contributed by atoms with Crippen LogP contribution in [0.5, 0.6) is 0 Å². The molecule has 1 heterocycles. The van der Waals surface area contributed by atoms with E-state index in [9.17, 15) is 13.6 Å². The first-order valence-electron chi connectivity index (χ1n) is 2.58. The third kappa shape index (κ3) is 1.40. The highest BCUT2D eigenvalue weighted by molar-refractivity contribution is 4.99. The molecule has 0 saturated carbocycles. The minimum Gasteiger partial charge on any atom is -0.422 e. The molecule has 0 N–H and O–H groups in total. The average Bonchev–Trinajstić information content (AvgIpc) is 1.88. The van der Waals surface area contributed by atoms with Gasteiger partial charge < -0.3 is 4.42 Å². The Hall–Kier alpha value is -1.19. The molecule has 0 aliphatic heterocycles. The van der Waals surface area contributed by atoms with E-state index in [4.69, 9.17) is 0 Å². The van der Waals surface area contributed by atoms with Crippen molar-refractivity contribution in [3.05, 3.63) is 34.4 Å². The second-order valence-corrected chi connectivity index (χ2v) is 1.65. The van der Waals surface area contributed by atoms with Crippen LogP contribution in [0, 0.1) is 0 Å². The Morgan fingerprint density at radius 2 is 2.10 bits per heavy atom. The van der Waals surface area contributed by atoms with Crippen LogP contribution in [0.15, 0.2) is 27.4 Å². The first-order valence-corrected chi connectivity index (χ1v) is 2.58. The fourth-order valence-electron chi connectivity index (χ4n) is 0.523. The molecule has 4 heteroatoms. The van der Waals surface area contributed by atoms with Crippen LogP contribution in [-0.4, -0.2) is 0 Å². The largest absolute Gasteiger partial charge is 0.422 e. The lowest BCUT2D eigenvalue weighted by Gasteiger charge is -1.93. The highest BCUT2D eigenvalue weighted by Gasteiger charge is 2.08. The van der Waals surface area contributed by atoms with E-state index in [1.54, 1.807) is 0 Å². The van der Waals surface area contributed by atoms with Crippen LogP contribution in [0.4, 0.5) is 8.78 Å². The van der Waals surface area contributed by atoms with Gasteiger partial charge in [0.2, 0.25) is 0 Å². The summed E-state index contributed by atoms with van der Waals surface area (Å²) in [5, 5.41) is 0. The molecule has 2 nitrogen and oxygen atoms in total. The van der Waals surface area contributed by atoms with Crippen molar-refractivity contribution < 1.29 is 13.2 Å². The molecule has 0 aliphatic carbocycles. The second kappa shape index (κ2) is 2.60. The van der Waals surface area contributed by atoms with E-state index < -0.39 is 17.8 Å². The predicted octanol–water partition coefficient (Wildman–Crippen LogP) is 1.58. The summed E-state index contributed by atoms with van der Waals surface area (Å²) < 4.78 is 27.6. The molecule has 1 aromatic rings. The summed E-state index contributed by atoms with van der Waals surface area (Å²) in [4.78, 5) is 10.3. The van der Waals surface area contributed by atoms with Crippen molar-refractivity contribution in [1.29, 1.82) is 0 Å². The third-order valence-corrected chi connectivity index (χ3v) is 0.926. The summed E-state index contributed by atoms with van der Waals surface area (Å²) in [5.74, 6) is -0.590. The lowest BCUT2D eigenvalue weighted by molar-refractivity contribution is 0.117. The van der Waals surface area contributed by atoms with Crippen molar-refractivity contribution in [2.24, 2.45) is 0 Å². The number of rotatable bonds is 1. The molecule has 0 unspecified atom stereocenters. The Morgan fingerprint density at radius 1 is 1.40 bits per heavy atom. The summed E-state index contributed by atoms with van der Waals surface area (Å²) in [6, 6.07) is 3.37. The molecule has 0 amide bonds. The first kappa shape index (κ1) is 6.92. The van der Waals surface area contributed by atoms with Crippen molar-refractivity contribution in [3.63, 3.8) is 0 Å². The minimum atomic E-state index is -2.71. The zero-order valence-electron chi connectivity index (χ0n) is 4.88. The van der Waals surface area contributed by atoms with Gasteiger partial charge in [-0.05, 0) is 6.07 Å². The zero-order chi connectivity index (χ0) is 7.56. The van der Waals surface area contributed by atoms with Gasteiger partial charge in [-0.15, -0.1) is 0 Å². The molecular formula is C6H4F2O2. The maximum Gasteiger partial charge on any atom is 0.336 e. The molecule has 0 aromatic carbocycles. The Morgan fingerprint density at radius 3 is 2.50 bits per heavy atom. The molecule has 54 valence electrons. The molecule has 1 aromatic heterocycles. The van der Waals surface area contributed by atoms with E-state index in [2.05, 4.69) is 4.42 Å². The van der Waals surface area contributed by atoms with E-state index in [0.29, 0.717) is 0 Å². The normalized spacial score (nSPS) is 10.3. The summed E-state index contributed by atoms with van der Waals surface area (Å²) in [6.45, 7) is 0. The van der Waals surface area contributed by atoms with Gasteiger partial charge in [0.15, 0.2) is 5.76 Å². The molecule has 0 atom stereocenters. The van der Waals surface area contributed by atoms with Crippen LogP contribution >= 0.6 is 0 Å². The molecular weight excluding hydrogens is 142 g/mol. The fourth-order valence-corrected chi connectivity index (χ4v) is 0.523. The standard InChI is InChI=1S/C6H4F2O2/c7-6(8)4-2-1-3-5(9)10-4/h1-3,6H.